The third-order valence-electron chi connectivity index (χ3n) is 4.35. The van der Waals surface area contributed by atoms with E-state index in [1.165, 1.54) is 12.1 Å². The molecule has 1 aliphatic rings. The van der Waals surface area contributed by atoms with E-state index in [0.29, 0.717) is 25.6 Å². The van der Waals surface area contributed by atoms with E-state index in [4.69, 9.17) is 4.74 Å². The lowest BCUT2D eigenvalue weighted by atomic mass is 9.92. The second kappa shape index (κ2) is 7.23. The van der Waals surface area contributed by atoms with Gasteiger partial charge in [-0.05, 0) is 18.6 Å². The summed E-state index contributed by atoms with van der Waals surface area (Å²) >= 11 is 0. The van der Waals surface area contributed by atoms with Gasteiger partial charge in [0.25, 0.3) is 11.5 Å². The van der Waals surface area contributed by atoms with Gasteiger partial charge in [-0.2, -0.15) is 10.2 Å². The molecule has 1 aliphatic heterocycles. The fraction of sp³-hybridized carbons (Fsp3) is 0.500. The Kier molecular flexibility index (Phi) is 5.01. The molecule has 1 saturated heterocycles. The molecule has 0 aliphatic carbocycles. The van der Waals surface area contributed by atoms with Gasteiger partial charge >= 0.3 is 0 Å². The van der Waals surface area contributed by atoms with Crippen molar-refractivity contribution < 1.29 is 9.53 Å². The summed E-state index contributed by atoms with van der Waals surface area (Å²) in [6.07, 6.45) is 0.850. The fourth-order valence-corrected chi connectivity index (χ4v) is 2.78. The van der Waals surface area contributed by atoms with Gasteiger partial charge in [0.15, 0.2) is 0 Å². The smallest absolute Gasteiger partial charge is 0.274 e. The molecule has 2 aromatic rings. The van der Waals surface area contributed by atoms with E-state index in [2.05, 4.69) is 41.2 Å². The Bertz CT molecular complexity index is 805. The van der Waals surface area contributed by atoms with Crippen molar-refractivity contribution >= 4 is 5.91 Å². The monoisotopic (exact) mass is 357 g/mol. The van der Waals surface area contributed by atoms with Crippen LogP contribution in [-0.2, 0) is 5.41 Å². The Balaban J connectivity index is 1.52. The molecule has 0 radical (unpaired) electrons. The molecule has 8 heteroatoms. The van der Waals surface area contributed by atoms with E-state index < -0.39 is 0 Å². The Morgan fingerprint density at radius 2 is 2.08 bits per heavy atom. The van der Waals surface area contributed by atoms with Gasteiger partial charge in [-0.15, -0.1) is 5.10 Å². The van der Waals surface area contributed by atoms with Crippen LogP contribution < -0.4 is 10.3 Å². The third kappa shape index (κ3) is 4.25. The average molecular weight is 357 g/mol. The highest BCUT2D eigenvalue weighted by Crippen LogP contribution is 2.22. The summed E-state index contributed by atoms with van der Waals surface area (Å²) in [5, 5.41) is 14.4. The zero-order valence-electron chi connectivity index (χ0n) is 15.2. The van der Waals surface area contributed by atoms with E-state index in [0.717, 1.165) is 12.1 Å². The summed E-state index contributed by atoms with van der Waals surface area (Å²) in [5.74, 6) is 0.536. The number of aromatic nitrogens is 4. The van der Waals surface area contributed by atoms with Crippen LogP contribution in [0.25, 0.3) is 0 Å². The molecule has 1 amide bonds. The number of hydrogen-bond acceptors (Lipinski definition) is 6. The number of carbonyl (C=O) groups is 1. The number of aromatic amines is 1. The maximum atomic E-state index is 12.4. The van der Waals surface area contributed by atoms with Crippen LogP contribution in [0.4, 0.5) is 0 Å². The molecular formula is C18H23N5O3. The maximum Gasteiger partial charge on any atom is 0.274 e. The van der Waals surface area contributed by atoms with Crippen molar-refractivity contribution in [2.24, 2.45) is 5.92 Å². The molecule has 0 aromatic carbocycles. The Morgan fingerprint density at radius 3 is 2.69 bits per heavy atom. The van der Waals surface area contributed by atoms with Crippen LogP contribution >= 0.6 is 0 Å². The van der Waals surface area contributed by atoms with Crippen molar-refractivity contribution in [3.05, 3.63) is 46.0 Å². The molecular weight excluding hydrogens is 334 g/mol. The minimum Gasteiger partial charge on any atom is -0.476 e. The number of carbonyl (C=O) groups excluding carboxylic acids is 1. The standard InChI is InChI=1S/C18H23N5O3/c1-18(2,3)14-5-7-16(22-20-14)26-11-12-8-9-23(10-12)17(25)13-4-6-15(24)21-19-13/h4-7,12H,8-11H2,1-3H3,(H,21,24). The molecule has 1 fully saturated rings. The molecule has 2 aromatic heterocycles. The minimum atomic E-state index is -0.326. The first kappa shape index (κ1) is 18.0. The summed E-state index contributed by atoms with van der Waals surface area (Å²) in [7, 11) is 0. The highest BCUT2D eigenvalue weighted by molar-refractivity contribution is 5.92. The van der Waals surface area contributed by atoms with E-state index in [1.54, 1.807) is 4.90 Å². The molecule has 0 bridgehead atoms. The molecule has 1 N–H and O–H groups in total. The highest BCUT2D eigenvalue weighted by atomic mass is 16.5. The second-order valence-electron chi connectivity index (χ2n) is 7.53. The summed E-state index contributed by atoms with van der Waals surface area (Å²) < 4.78 is 5.73. The van der Waals surface area contributed by atoms with E-state index in [9.17, 15) is 9.59 Å². The van der Waals surface area contributed by atoms with Gasteiger partial charge in [-0.1, -0.05) is 20.8 Å². The van der Waals surface area contributed by atoms with Crippen LogP contribution in [0, 0.1) is 5.92 Å². The number of H-pyrrole nitrogens is 1. The first-order chi connectivity index (χ1) is 12.3. The minimum absolute atomic E-state index is 0.0480. The second-order valence-corrected chi connectivity index (χ2v) is 7.53. The van der Waals surface area contributed by atoms with Crippen molar-refractivity contribution in [3.8, 4) is 5.88 Å². The third-order valence-corrected chi connectivity index (χ3v) is 4.35. The molecule has 0 saturated carbocycles. The molecule has 8 nitrogen and oxygen atoms in total. The molecule has 3 rings (SSSR count). The lowest BCUT2D eigenvalue weighted by molar-refractivity contribution is 0.0775. The van der Waals surface area contributed by atoms with Crippen molar-refractivity contribution in [3.63, 3.8) is 0 Å². The number of likely N-dealkylation sites (tertiary alicyclic amines) is 1. The van der Waals surface area contributed by atoms with Crippen LogP contribution in [0.2, 0.25) is 0 Å². The predicted octanol–water partition coefficient (Wildman–Crippen LogP) is 1.40. The zero-order chi connectivity index (χ0) is 18.7. The van der Waals surface area contributed by atoms with Crippen molar-refractivity contribution in [1.29, 1.82) is 0 Å². The SMILES string of the molecule is CC(C)(C)c1ccc(OCC2CCN(C(=O)c3ccc(=O)[nH]n3)C2)nn1. The highest BCUT2D eigenvalue weighted by Gasteiger charge is 2.28. The summed E-state index contributed by atoms with van der Waals surface area (Å²) in [4.78, 5) is 25.2. The van der Waals surface area contributed by atoms with Crippen LogP contribution in [0.3, 0.4) is 0 Å². The predicted molar refractivity (Wildman–Crippen MR) is 95.1 cm³/mol. The van der Waals surface area contributed by atoms with Crippen LogP contribution in [0.15, 0.2) is 29.1 Å². The topological polar surface area (TPSA) is 101 Å². The van der Waals surface area contributed by atoms with Gasteiger partial charge in [0.1, 0.15) is 5.69 Å². The largest absolute Gasteiger partial charge is 0.476 e. The Morgan fingerprint density at radius 1 is 1.27 bits per heavy atom. The van der Waals surface area contributed by atoms with Gasteiger partial charge in [-0.3, -0.25) is 9.59 Å². The molecule has 1 unspecified atom stereocenters. The van der Waals surface area contributed by atoms with Crippen LogP contribution in [0.1, 0.15) is 43.4 Å². The fourth-order valence-electron chi connectivity index (χ4n) is 2.78. The number of hydrogen-bond donors (Lipinski definition) is 1. The van der Waals surface area contributed by atoms with E-state index in [1.807, 2.05) is 12.1 Å². The molecule has 26 heavy (non-hydrogen) atoms. The normalized spacial score (nSPS) is 17.3. The first-order valence-corrected chi connectivity index (χ1v) is 8.65. The number of nitrogens with one attached hydrogen (secondary N) is 1. The number of amides is 1. The maximum absolute atomic E-state index is 12.4. The van der Waals surface area contributed by atoms with E-state index >= 15 is 0 Å². The van der Waals surface area contributed by atoms with Gasteiger partial charge in [0.05, 0.1) is 12.3 Å². The van der Waals surface area contributed by atoms with E-state index in [-0.39, 0.29) is 28.5 Å². The van der Waals surface area contributed by atoms with Gasteiger partial charge in [-0.25, -0.2) is 5.10 Å². The van der Waals surface area contributed by atoms with Crippen molar-refractivity contribution in [2.75, 3.05) is 19.7 Å². The zero-order valence-corrected chi connectivity index (χ0v) is 15.2. The van der Waals surface area contributed by atoms with Gasteiger partial charge < -0.3 is 9.64 Å². The Hall–Kier alpha value is -2.77. The lowest BCUT2D eigenvalue weighted by Gasteiger charge is -2.17. The molecule has 3 heterocycles. The first-order valence-electron chi connectivity index (χ1n) is 8.65. The van der Waals surface area contributed by atoms with Crippen LogP contribution in [-0.4, -0.2) is 50.9 Å². The van der Waals surface area contributed by atoms with Gasteiger partial charge in [0, 0.05) is 36.6 Å². The summed E-state index contributed by atoms with van der Waals surface area (Å²) in [6, 6.07) is 6.50. The number of nitrogens with zero attached hydrogens (tertiary/aromatic N) is 4. The average Bonchev–Trinajstić information content (AvgIpc) is 3.08. The van der Waals surface area contributed by atoms with Gasteiger partial charge in [0.2, 0.25) is 5.88 Å². The van der Waals surface area contributed by atoms with Crippen LogP contribution in [0.5, 0.6) is 5.88 Å². The van der Waals surface area contributed by atoms with Crippen molar-refractivity contribution in [2.45, 2.75) is 32.6 Å². The summed E-state index contributed by atoms with van der Waals surface area (Å²) in [5.41, 5.74) is 0.784. The summed E-state index contributed by atoms with van der Waals surface area (Å²) in [6.45, 7) is 7.96. The number of ether oxygens (including phenoxy) is 1. The quantitative estimate of drug-likeness (QED) is 0.887. The molecule has 138 valence electrons. The lowest BCUT2D eigenvalue weighted by Crippen LogP contribution is -2.31. The Labute approximate surface area is 151 Å². The number of rotatable bonds is 4. The molecule has 0 spiro atoms. The van der Waals surface area contributed by atoms with Crippen molar-refractivity contribution in [1.82, 2.24) is 25.3 Å². The molecule has 1 atom stereocenters.